The number of benzene rings is 1. The van der Waals surface area contributed by atoms with Crippen LogP contribution < -0.4 is 4.74 Å². The summed E-state index contributed by atoms with van der Waals surface area (Å²) >= 11 is 7.79. The highest BCUT2D eigenvalue weighted by Crippen LogP contribution is 2.30. The Labute approximate surface area is 119 Å². The minimum absolute atomic E-state index is 0.578. The Morgan fingerprint density at radius 1 is 1.32 bits per heavy atom. The van der Waals surface area contributed by atoms with Crippen molar-refractivity contribution in [3.8, 4) is 27.7 Å². The number of halogens is 1. The third kappa shape index (κ3) is 2.37. The van der Waals surface area contributed by atoms with Crippen LogP contribution >= 0.6 is 22.9 Å². The number of nitrogens with zero attached hydrogens (tertiary/aromatic N) is 1. The van der Waals surface area contributed by atoms with Gasteiger partial charge in [0.1, 0.15) is 11.6 Å². The normalized spacial score (nSPS) is 10.6. The van der Waals surface area contributed by atoms with E-state index in [0.717, 1.165) is 22.0 Å². The van der Waals surface area contributed by atoms with E-state index >= 15 is 0 Å². The number of rotatable bonds is 3. The zero-order valence-corrected chi connectivity index (χ0v) is 11.8. The third-order valence-corrected chi connectivity index (χ3v) is 3.96. The van der Waals surface area contributed by atoms with Crippen molar-refractivity contribution in [3.63, 3.8) is 0 Å². The third-order valence-electron chi connectivity index (χ3n) is 2.78. The van der Waals surface area contributed by atoms with E-state index in [2.05, 4.69) is 9.97 Å². The average Bonchev–Trinajstić information content (AvgIpc) is 3.09. The lowest BCUT2D eigenvalue weighted by molar-refractivity contribution is 0.415. The highest BCUT2D eigenvalue weighted by atomic mass is 35.5. The first-order chi connectivity index (χ1) is 9.28. The predicted octanol–water partition coefficient (Wildman–Crippen LogP) is 4.47. The Morgan fingerprint density at radius 2 is 2.21 bits per heavy atom. The van der Waals surface area contributed by atoms with Gasteiger partial charge in [0.2, 0.25) is 0 Å². The number of methoxy groups -OCH3 is 1. The molecule has 0 unspecified atom stereocenters. The van der Waals surface area contributed by atoms with E-state index in [4.69, 9.17) is 16.3 Å². The molecule has 2 aromatic heterocycles. The minimum atomic E-state index is 0.578. The summed E-state index contributed by atoms with van der Waals surface area (Å²) < 4.78 is 5.14. The summed E-state index contributed by atoms with van der Waals surface area (Å²) in [6.45, 7) is 0. The lowest BCUT2D eigenvalue weighted by Crippen LogP contribution is -1.86. The van der Waals surface area contributed by atoms with Crippen LogP contribution in [0.4, 0.5) is 0 Å². The molecule has 96 valence electrons. The maximum Gasteiger partial charge on any atom is 0.138 e. The molecular weight excluding hydrogens is 280 g/mol. The molecule has 0 saturated carbocycles. The first-order valence-electron chi connectivity index (χ1n) is 5.71. The number of aromatic amines is 1. The molecule has 2 heterocycles. The number of hydrogen-bond acceptors (Lipinski definition) is 3. The van der Waals surface area contributed by atoms with E-state index in [0.29, 0.717) is 10.8 Å². The molecular formula is C14H11ClN2OS. The lowest BCUT2D eigenvalue weighted by atomic mass is 10.2. The predicted molar refractivity (Wildman–Crippen MR) is 78.9 cm³/mol. The smallest absolute Gasteiger partial charge is 0.138 e. The van der Waals surface area contributed by atoms with Crippen molar-refractivity contribution in [1.29, 1.82) is 0 Å². The SMILES string of the molecule is COc1ccc(-c2nc(-c3cccs3)c[nH]2)cc1Cl. The van der Waals surface area contributed by atoms with Crippen molar-refractivity contribution in [3.05, 3.63) is 46.9 Å². The van der Waals surface area contributed by atoms with Crippen molar-refractivity contribution in [2.24, 2.45) is 0 Å². The first-order valence-corrected chi connectivity index (χ1v) is 6.97. The van der Waals surface area contributed by atoms with Gasteiger partial charge in [0.05, 0.1) is 22.7 Å². The van der Waals surface area contributed by atoms with Gasteiger partial charge in [-0.15, -0.1) is 11.3 Å². The van der Waals surface area contributed by atoms with Crippen LogP contribution in [0.25, 0.3) is 22.0 Å². The second-order valence-corrected chi connectivity index (χ2v) is 5.32. The zero-order valence-electron chi connectivity index (χ0n) is 10.2. The van der Waals surface area contributed by atoms with Crippen molar-refractivity contribution >= 4 is 22.9 Å². The van der Waals surface area contributed by atoms with Gasteiger partial charge in [-0.2, -0.15) is 0 Å². The van der Waals surface area contributed by atoms with Crippen molar-refractivity contribution in [2.75, 3.05) is 7.11 Å². The molecule has 0 aliphatic rings. The molecule has 0 radical (unpaired) electrons. The molecule has 1 aromatic carbocycles. The first kappa shape index (κ1) is 12.3. The maximum absolute atomic E-state index is 6.12. The fourth-order valence-electron chi connectivity index (χ4n) is 1.83. The molecule has 0 amide bonds. The van der Waals surface area contributed by atoms with E-state index in [-0.39, 0.29) is 0 Å². The van der Waals surface area contributed by atoms with Gasteiger partial charge in [0.25, 0.3) is 0 Å². The summed E-state index contributed by atoms with van der Waals surface area (Å²) in [6, 6.07) is 9.67. The number of H-pyrrole nitrogens is 1. The van der Waals surface area contributed by atoms with Crippen LogP contribution in [0.2, 0.25) is 5.02 Å². The summed E-state index contributed by atoms with van der Waals surface area (Å²) in [6.07, 6.45) is 1.90. The molecule has 0 atom stereocenters. The molecule has 0 aliphatic heterocycles. The topological polar surface area (TPSA) is 37.9 Å². The highest BCUT2D eigenvalue weighted by molar-refractivity contribution is 7.13. The number of ether oxygens (including phenoxy) is 1. The second kappa shape index (κ2) is 5.07. The van der Waals surface area contributed by atoms with Crippen LogP contribution in [0, 0.1) is 0 Å². The minimum Gasteiger partial charge on any atom is -0.495 e. The number of nitrogens with one attached hydrogen (secondary N) is 1. The summed E-state index contributed by atoms with van der Waals surface area (Å²) in [4.78, 5) is 8.89. The van der Waals surface area contributed by atoms with Crippen LogP contribution in [-0.4, -0.2) is 17.1 Å². The number of hydrogen-bond donors (Lipinski definition) is 1. The fourth-order valence-corrected chi connectivity index (χ4v) is 2.78. The van der Waals surface area contributed by atoms with Gasteiger partial charge in [-0.1, -0.05) is 17.7 Å². The van der Waals surface area contributed by atoms with Crippen LogP contribution in [0.1, 0.15) is 0 Å². The van der Waals surface area contributed by atoms with Gasteiger partial charge >= 0.3 is 0 Å². The number of aromatic nitrogens is 2. The lowest BCUT2D eigenvalue weighted by Gasteiger charge is -2.03. The number of thiophene rings is 1. The van der Waals surface area contributed by atoms with Crippen molar-refractivity contribution < 1.29 is 4.74 Å². The largest absolute Gasteiger partial charge is 0.495 e. The molecule has 0 aliphatic carbocycles. The Bertz CT molecular complexity index is 691. The van der Waals surface area contributed by atoms with Crippen molar-refractivity contribution in [1.82, 2.24) is 9.97 Å². The van der Waals surface area contributed by atoms with Crippen LogP contribution in [-0.2, 0) is 0 Å². The Morgan fingerprint density at radius 3 is 2.89 bits per heavy atom. The van der Waals surface area contributed by atoms with Gasteiger partial charge in [-0.25, -0.2) is 4.98 Å². The monoisotopic (exact) mass is 290 g/mol. The molecule has 5 heteroatoms. The molecule has 19 heavy (non-hydrogen) atoms. The van der Waals surface area contributed by atoms with Crippen LogP contribution in [0.5, 0.6) is 5.75 Å². The molecule has 0 saturated heterocycles. The van der Waals surface area contributed by atoms with Gasteiger partial charge < -0.3 is 9.72 Å². The van der Waals surface area contributed by atoms with Gasteiger partial charge in [-0.3, -0.25) is 0 Å². The Balaban J connectivity index is 1.97. The molecule has 3 aromatic rings. The summed E-state index contributed by atoms with van der Waals surface area (Å²) in [5.41, 5.74) is 1.88. The van der Waals surface area contributed by atoms with Crippen LogP contribution in [0.15, 0.2) is 41.9 Å². The van der Waals surface area contributed by atoms with Gasteiger partial charge in [0, 0.05) is 11.8 Å². The summed E-state index contributed by atoms with van der Waals surface area (Å²) in [7, 11) is 1.60. The summed E-state index contributed by atoms with van der Waals surface area (Å²) in [5, 5.41) is 2.61. The van der Waals surface area contributed by atoms with Crippen molar-refractivity contribution in [2.45, 2.75) is 0 Å². The number of imidazole rings is 1. The molecule has 0 fully saturated rings. The summed E-state index contributed by atoms with van der Waals surface area (Å²) in [5.74, 6) is 1.46. The molecule has 3 rings (SSSR count). The Hall–Kier alpha value is -1.78. The fraction of sp³-hybridized carbons (Fsp3) is 0.0714. The second-order valence-electron chi connectivity index (χ2n) is 3.96. The van der Waals surface area contributed by atoms with E-state index in [9.17, 15) is 0 Å². The van der Waals surface area contributed by atoms with E-state index in [1.807, 2.05) is 41.9 Å². The maximum atomic E-state index is 6.12. The van der Waals surface area contributed by atoms with E-state index < -0.39 is 0 Å². The molecule has 1 N–H and O–H groups in total. The standard InChI is InChI=1S/C14H11ClN2OS/c1-18-12-5-4-9(7-10(12)15)14-16-8-11(17-14)13-3-2-6-19-13/h2-8H,1H3,(H,16,17). The van der Waals surface area contributed by atoms with Gasteiger partial charge in [-0.05, 0) is 29.6 Å². The quantitative estimate of drug-likeness (QED) is 0.773. The molecule has 0 spiro atoms. The molecule has 3 nitrogen and oxygen atoms in total. The van der Waals surface area contributed by atoms with E-state index in [1.165, 1.54) is 0 Å². The van der Waals surface area contributed by atoms with Crippen LogP contribution in [0.3, 0.4) is 0 Å². The van der Waals surface area contributed by atoms with Gasteiger partial charge in [0.15, 0.2) is 0 Å². The molecule has 0 bridgehead atoms. The zero-order chi connectivity index (χ0) is 13.2. The Kier molecular flexibility index (Phi) is 3.27. The highest BCUT2D eigenvalue weighted by Gasteiger charge is 2.09. The van der Waals surface area contributed by atoms with E-state index in [1.54, 1.807) is 18.4 Å². The average molecular weight is 291 g/mol.